The first kappa shape index (κ1) is 17.6. The Morgan fingerprint density at radius 3 is 2.35 bits per heavy atom. The van der Waals surface area contributed by atoms with E-state index in [1.807, 2.05) is 45.0 Å². The summed E-state index contributed by atoms with van der Waals surface area (Å²) in [6.07, 6.45) is 0. The van der Waals surface area contributed by atoms with Crippen LogP contribution in [0.15, 0.2) is 24.3 Å². The Kier molecular flexibility index (Phi) is 4.90. The van der Waals surface area contributed by atoms with E-state index in [9.17, 15) is 4.79 Å². The molecular formula is C19H25ClN2O. The largest absolute Gasteiger partial charge is 0.378 e. The lowest BCUT2D eigenvalue weighted by Crippen LogP contribution is -2.24. The number of rotatable bonds is 4. The van der Waals surface area contributed by atoms with Gasteiger partial charge in [-0.3, -0.25) is 4.79 Å². The number of halogens is 1. The van der Waals surface area contributed by atoms with Crippen LogP contribution in [0.25, 0.3) is 0 Å². The lowest BCUT2D eigenvalue weighted by atomic mass is 10.1. The van der Waals surface area contributed by atoms with Gasteiger partial charge in [0.25, 0.3) is 0 Å². The molecule has 0 unspecified atom stereocenters. The average Bonchev–Trinajstić information content (AvgIpc) is 2.74. The molecule has 0 aliphatic rings. The van der Waals surface area contributed by atoms with Gasteiger partial charge in [0.05, 0.1) is 6.54 Å². The second kappa shape index (κ2) is 6.40. The molecule has 0 atom stereocenters. The highest BCUT2D eigenvalue weighted by Gasteiger charge is 2.22. The third kappa shape index (κ3) is 3.78. The Labute approximate surface area is 143 Å². The molecular weight excluding hydrogens is 308 g/mol. The maximum Gasteiger partial charge on any atom is 0.183 e. The van der Waals surface area contributed by atoms with Crippen LogP contribution in [0.1, 0.15) is 48.1 Å². The van der Waals surface area contributed by atoms with Gasteiger partial charge in [0.1, 0.15) is 0 Å². The molecule has 0 bridgehead atoms. The van der Waals surface area contributed by atoms with Gasteiger partial charge in [0.2, 0.25) is 0 Å². The topological polar surface area (TPSA) is 34.0 Å². The molecule has 0 spiro atoms. The molecule has 1 N–H and O–H groups in total. The number of carbonyl (C=O) groups is 1. The minimum atomic E-state index is -0.0371. The van der Waals surface area contributed by atoms with Crippen molar-refractivity contribution in [2.24, 2.45) is 0 Å². The summed E-state index contributed by atoms with van der Waals surface area (Å²) in [6, 6.07) is 7.71. The van der Waals surface area contributed by atoms with Crippen LogP contribution >= 0.6 is 11.6 Å². The number of aryl methyl sites for hydroxylation is 2. The summed E-state index contributed by atoms with van der Waals surface area (Å²) in [4.78, 5) is 12.6. The number of nitrogens with zero attached hydrogens (tertiary/aromatic N) is 1. The summed E-state index contributed by atoms with van der Waals surface area (Å²) >= 11 is 6.12. The van der Waals surface area contributed by atoms with Crippen molar-refractivity contribution in [2.45, 2.75) is 47.1 Å². The van der Waals surface area contributed by atoms with Crippen LogP contribution in [0, 0.1) is 20.8 Å². The maximum absolute atomic E-state index is 12.6. The fourth-order valence-electron chi connectivity index (χ4n) is 3.06. The average molecular weight is 333 g/mol. The monoisotopic (exact) mass is 332 g/mol. The van der Waals surface area contributed by atoms with Gasteiger partial charge in [0, 0.05) is 33.2 Å². The number of ketones is 1. The number of nitrogens with one attached hydrogen (secondary N) is 1. The van der Waals surface area contributed by atoms with Gasteiger partial charge >= 0.3 is 0 Å². The summed E-state index contributed by atoms with van der Waals surface area (Å²) in [7, 11) is 0. The van der Waals surface area contributed by atoms with Crippen molar-refractivity contribution in [2.75, 3.05) is 11.9 Å². The minimum Gasteiger partial charge on any atom is -0.378 e. The number of hydrogen-bond donors (Lipinski definition) is 1. The van der Waals surface area contributed by atoms with Gasteiger partial charge in [-0.1, -0.05) is 17.7 Å². The first-order valence-corrected chi connectivity index (χ1v) is 8.21. The first-order valence-electron chi connectivity index (χ1n) is 7.84. The standard InChI is InChI=1S/C19H25ClN2O/c1-12-7-8-15(10-17(12)20)21-11-18(23)16-9-13(2)22(14(16)3)19(4,5)6/h7-10,21H,11H2,1-6H3. The molecule has 1 heterocycles. The second-order valence-electron chi connectivity index (χ2n) is 7.03. The molecule has 0 aliphatic heterocycles. The van der Waals surface area contributed by atoms with Crippen LogP contribution in [0.5, 0.6) is 0 Å². The van der Waals surface area contributed by atoms with Crippen LogP contribution in [0.3, 0.4) is 0 Å². The number of anilines is 1. The Morgan fingerprint density at radius 2 is 1.83 bits per heavy atom. The summed E-state index contributed by atoms with van der Waals surface area (Å²) in [5, 5.41) is 3.86. The number of aromatic nitrogens is 1. The Hall–Kier alpha value is -1.74. The van der Waals surface area contributed by atoms with E-state index in [4.69, 9.17) is 11.6 Å². The van der Waals surface area contributed by atoms with E-state index < -0.39 is 0 Å². The van der Waals surface area contributed by atoms with Crippen molar-refractivity contribution >= 4 is 23.1 Å². The van der Waals surface area contributed by atoms with Crippen molar-refractivity contribution in [1.29, 1.82) is 0 Å². The van der Waals surface area contributed by atoms with E-state index in [1.165, 1.54) is 0 Å². The summed E-state index contributed by atoms with van der Waals surface area (Å²) < 4.78 is 2.21. The van der Waals surface area contributed by atoms with Gasteiger partial charge in [-0.25, -0.2) is 0 Å². The van der Waals surface area contributed by atoms with Crippen LogP contribution in [-0.4, -0.2) is 16.9 Å². The van der Waals surface area contributed by atoms with Crippen molar-refractivity contribution in [3.05, 3.63) is 51.8 Å². The van der Waals surface area contributed by atoms with Crippen molar-refractivity contribution in [3.63, 3.8) is 0 Å². The van der Waals surface area contributed by atoms with Crippen LogP contribution in [0.2, 0.25) is 5.02 Å². The zero-order valence-electron chi connectivity index (χ0n) is 14.7. The first-order chi connectivity index (χ1) is 10.6. The molecule has 3 nitrogen and oxygen atoms in total. The minimum absolute atomic E-state index is 0.0371. The third-order valence-corrected chi connectivity index (χ3v) is 4.43. The number of Topliss-reactive ketones (excluding diaryl/α,β-unsaturated/α-hetero) is 1. The summed E-state index contributed by atoms with van der Waals surface area (Å²) in [5.74, 6) is 0.0882. The van der Waals surface area contributed by atoms with E-state index in [0.29, 0.717) is 5.02 Å². The molecule has 2 aromatic rings. The maximum atomic E-state index is 12.6. The Morgan fingerprint density at radius 1 is 1.17 bits per heavy atom. The zero-order valence-corrected chi connectivity index (χ0v) is 15.5. The second-order valence-corrected chi connectivity index (χ2v) is 7.44. The van der Waals surface area contributed by atoms with Crippen molar-refractivity contribution in [1.82, 2.24) is 4.57 Å². The number of benzene rings is 1. The van der Waals surface area contributed by atoms with E-state index in [-0.39, 0.29) is 17.9 Å². The zero-order chi connectivity index (χ0) is 17.4. The molecule has 2 rings (SSSR count). The van der Waals surface area contributed by atoms with Gasteiger partial charge in [-0.15, -0.1) is 0 Å². The molecule has 1 aromatic heterocycles. The van der Waals surface area contributed by atoms with Gasteiger partial charge in [0.15, 0.2) is 5.78 Å². The SMILES string of the molecule is Cc1ccc(NCC(=O)c2cc(C)n(C(C)(C)C)c2C)cc1Cl. The quantitative estimate of drug-likeness (QED) is 0.789. The van der Waals surface area contributed by atoms with E-state index >= 15 is 0 Å². The predicted molar refractivity (Wildman–Crippen MR) is 97.9 cm³/mol. The molecule has 1 aromatic carbocycles. The third-order valence-electron chi connectivity index (χ3n) is 4.03. The predicted octanol–water partition coefficient (Wildman–Crippen LogP) is 5.12. The van der Waals surface area contributed by atoms with E-state index in [2.05, 4.69) is 30.7 Å². The van der Waals surface area contributed by atoms with Crippen LogP contribution < -0.4 is 5.32 Å². The van der Waals surface area contributed by atoms with Crippen molar-refractivity contribution in [3.8, 4) is 0 Å². The number of hydrogen-bond acceptors (Lipinski definition) is 2. The van der Waals surface area contributed by atoms with Gasteiger partial charge in [-0.05, 0) is 65.3 Å². The summed E-state index contributed by atoms with van der Waals surface area (Å²) in [5.41, 5.74) is 4.75. The smallest absolute Gasteiger partial charge is 0.183 e. The van der Waals surface area contributed by atoms with E-state index in [0.717, 1.165) is 28.2 Å². The lowest BCUT2D eigenvalue weighted by Gasteiger charge is -2.25. The molecule has 0 aliphatic carbocycles. The molecule has 0 radical (unpaired) electrons. The molecule has 124 valence electrons. The van der Waals surface area contributed by atoms with Crippen LogP contribution in [0.4, 0.5) is 5.69 Å². The Balaban J connectivity index is 2.17. The molecule has 0 amide bonds. The highest BCUT2D eigenvalue weighted by Crippen LogP contribution is 2.25. The fraction of sp³-hybridized carbons (Fsp3) is 0.421. The fourth-order valence-corrected chi connectivity index (χ4v) is 3.24. The van der Waals surface area contributed by atoms with Gasteiger partial charge < -0.3 is 9.88 Å². The Bertz CT molecular complexity index is 739. The summed E-state index contributed by atoms with van der Waals surface area (Å²) in [6.45, 7) is 12.7. The molecule has 0 saturated heterocycles. The normalized spacial score (nSPS) is 11.6. The lowest BCUT2D eigenvalue weighted by molar-refractivity contribution is 0.101. The van der Waals surface area contributed by atoms with Gasteiger partial charge in [-0.2, -0.15) is 0 Å². The number of carbonyl (C=O) groups excluding carboxylic acids is 1. The molecule has 23 heavy (non-hydrogen) atoms. The molecule has 0 fully saturated rings. The van der Waals surface area contributed by atoms with Crippen LogP contribution in [-0.2, 0) is 5.54 Å². The van der Waals surface area contributed by atoms with Crippen molar-refractivity contribution < 1.29 is 4.79 Å². The molecule has 0 saturated carbocycles. The highest BCUT2D eigenvalue weighted by atomic mass is 35.5. The van der Waals surface area contributed by atoms with E-state index in [1.54, 1.807) is 0 Å². The molecule has 4 heteroatoms. The highest BCUT2D eigenvalue weighted by molar-refractivity contribution is 6.31.